The van der Waals surface area contributed by atoms with E-state index in [-0.39, 0.29) is 0 Å². The molecule has 0 bridgehead atoms. The number of fused-ring (bicyclic) bond motifs is 1. The van der Waals surface area contributed by atoms with Crippen LogP contribution in [0.5, 0.6) is 0 Å². The molecule has 1 unspecified atom stereocenters. The lowest BCUT2D eigenvalue weighted by Crippen LogP contribution is -2.12. The maximum Gasteiger partial charge on any atom is 0.0452 e. The van der Waals surface area contributed by atoms with E-state index in [2.05, 4.69) is 54.0 Å². The van der Waals surface area contributed by atoms with Crippen LogP contribution in [0.4, 0.5) is 0 Å². The van der Waals surface area contributed by atoms with Gasteiger partial charge in [-0.05, 0) is 23.0 Å². The van der Waals surface area contributed by atoms with Crippen LogP contribution in [0.1, 0.15) is 29.8 Å². The summed E-state index contributed by atoms with van der Waals surface area (Å²) in [6, 6.07) is 8.70. The average Bonchev–Trinajstić information content (AvgIpc) is 2.24. The molecule has 12 heavy (non-hydrogen) atoms. The monoisotopic (exact) mass is 224 g/mol. The molecule has 1 atom stereocenters. The minimum absolute atomic E-state index is 0.379. The predicted octanol–water partition coefficient (Wildman–Crippen LogP) is 3.70. The first-order valence-electron chi connectivity index (χ1n) is 4.33. The molecule has 0 fully saturated rings. The van der Waals surface area contributed by atoms with Crippen LogP contribution in [0.25, 0.3) is 0 Å². The van der Waals surface area contributed by atoms with E-state index in [0.29, 0.717) is 10.2 Å². The second kappa shape index (κ2) is 2.59. The topological polar surface area (TPSA) is 0 Å². The molecule has 0 amide bonds. The van der Waals surface area contributed by atoms with Crippen LogP contribution in [-0.2, 0) is 6.42 Å². The highest BCUT2D eigenvalue weighted by Crippen LogP contribution is 2.50. The molecule has 1 aromatic rings. The van der Waals surface area contributed by atoms with Gasteiger partial charge >= 0.3 is 0 Å². The van der Waals surface area contributed by atoms with Crippen molar-refractivity contribution in [3.8, 4) is 0 Å². The fraction of sp³-hybridized carbons (Fsp3) is 0.455. The summed E-state index contributed by atoms with van der Waals surface area (Å²) in [6.07, 6.45) is 1.19. The minimum Gasteiger partial charge on any atom is -0.0833 e. The zero-order chi connectivity index (χ0) is 8.77. The summed E-state index contributed by atoms with van der Waals surface area (Å²) in [7, 11) is 0. The van der Waals surface area contributed by atoms with Crippen LogP contribution in [0, 0.1) is 5.41 Å². The molecule has 0 heterocycles. The van der Waals surface area contributed by atoms with Gasteiger partial charge < -0.3 is 0 Å². The highest BCUT2D eigenvalue weighted by atomic mass is 79.9. The first kappa shape index (κ1) is 8.31. The maximum atomic E-state index is 3.76. The van der Waals surface area contributed by atoms with E-state index in [1.54, 1.807) is 0 Å². The van der Waals surface area contributed by atoms with Gasteiger partial charge in [0.05, 0.1) is 0 Å². The van der Waals surface area contributed by atoms with E-state index in [0.717, 1.165) is 0 Å². The molecule has 0 aliphatic heterocycles. The lowest BCUT2D eigenvalue weighted by molar-refractivity contribution is 0.389. The van der Waals surface area contributed by atoms with Gasteiger partial charge in [-0.15, -0.1) is 0 Å². The van der Waals surface area contributed by atoms with Gasteiger partial charge in [-0.1, -0.05) is 54.0 Å². The fourth-order valence-corrected chi connectivity index (χ4v) is 2.55. The van der Waals surface area contributed by atoms with Crippen molar-refractivity contribution in [2.75, 3.05) is 0 Å². The van der Waals surface area contributed by atoms with E-state index >= 15 is 0 Å². The van der Waals surface area contributed by atoms with Gasteiger partial charge in [-0.3, -0.25) is 0 Å². The molecule has 0 N–H and O–H groups in total. The summed E-state index contributed by atoms with van der Waals surface area (Å²) >= 11 is 3.76. The third-order valence-corrected chi connectivity index (χ3v) is 4.39. The molecule has 2 rings (SSSR count). The maximum absolute atomic E-state index is 3.76. The van der Waals surface area contributed by atoms with Crippen molar-refractivity contribution in [1.29, 1.82) is 0 Å². The normalized spacial score (nSPS) is 25.4. The smallest absolute Gasteiger partial charge is 0.0452 e. The number of hydrogen-bond donors (Lipinski definition) is 0. The molecule has 1 aromatic carbocycles. The van der Waals surface area contributed by atoms with Gasteiger partial charge in [-0.2, -0.15) is 0 Å². The Hall–Kier alpha value is -0.300. The average molecular weight is 225 g/mol. The molecule has 1 aliphatic rings. The molecular formula is C11H13Br. The Morgan fingerprint density at radius 1 is 1.33 bits per heavy atom. The Bertz CT molecular complexity index is 302. The van der Waals surface area contributed by atoms with Gasteiger partial charge in [0.15, 0.2) is 0 Å². The standard InChI is InChI=1S/C11H13Br/c1-11(2)7-8-5-3-4-6-9(8)10(11)12/h3-6,10H,7H2,1-2H3. The second-order valence-electron chi connectivity index (χ2n) is 4.23. The predicted molar refractivity (Wildman–Crippen MR) is 55.6 cm³/mol. The van der Waals surface area contributed by atoms with E-state index in [9.17, 15) is 0 Å². The summed E-state index contributed by atoms with van der Waals surface area (Å²) in [6.45, 7) is 4.62. The third-order valence-electron chi connectivity index (χ3n) is 2.66. The Labute approximate surface area is 82.1 Å². The molecule has 0 saturated heterocycles. The van der Waals surface area contributed by atoms with Gasteiger partial charge in [0.2, 0.25) is 0 Å². The van der Waals surface area contributed by atoms with Crippen LogP contribution in [0.15, 0.2) is 24.3 Å². The van der Waals surface area contributed by atoms with Crippen molar-refractivity contribution < 1.29 is 0 Å². The second-order valence-corrected chi connectivity index (χ2v) is 5.14. The van der Waals surface area contributed by atoms with Crippen LogP contribution in [-0.4, -0.2) is 0 Å². The molecular weight excluding hydrogens is 212 g/mol. The van der Waals surface area contributed by atoms with Gasteiger partial charge in [0, 0.05) is 4.83 Å². The van der Waals surface area contributed by atoms with Gasteiger partial charge in [0.1, 0.15) is 0 Å². The van der Waals surface area contributed by atoms with Gasteiger partial charge in [-0.25, -0.2) is 0 Å². The zero-order valence-corrected chi connectivity index (χ0v) is 9.06. The van der Waals surface area contributed by atoms with Crippen molar-refractivity contribution in [3.05, 3.63) is 35.4 Å². The molecule has 64 valence electrons. The largest absolute Gasteiger partial charge is 0.0833 e. The Morgan fingerprint density at radius 2 is 2.00 bits per heavy atom. The van der Waals surface area contributed by atoms with Crippen molar-refractivity contribution in [1.82, 2.24) is 0 Å². The Kier molecular flexibility index (Phi) is 1.80. The van der Waals surface area contributed by atoms with Crippen molar-refractivity contribution in [3.63, 3.8) is 0 Å². The van der Waals surface area contributed by atoms with Crippen LogP contribution in [0.3, 0.4) is 0 Å². The summed E-state index contributed by atoms with van der Waals surface area (Å²) in [4.78, 5) is 0.529. The summed E-state index contributed by atoms with van der Waals surface area (Å²) in [5, 5.41) is 0. The van der Waals surface area contributed by atoms with Crippen molar-refractivity contribution in [2.24, 2.45) is 5.41 Å². The number of hydrogen-bond acceptors (Lipinski definition) is 0. The van der Waals surface area contributed by atoms with E-state index in [1.165, 1.54) is 17.5 Å². The highest BCUT2D eigenvalue weighted by molar-refractivity contribution is 9.09. The van der Waals surface area contributed by atoms with E-state index in [4.69, 9.17) is 0 Å². The third kappa shape index (κ3) is 1.11. The zero-order valence-electron chi connectivity index (χ0n) is 7.47. The summed E-state index contributed by atoms with van der Waals surface area (Å²) < 4.78 is 0. The molecule has 0 aromatic heterocycles. The molecule has 1 heteroatoms. The highest BCUT2D eigenvalue weighted by Gasteiger charge is 2.36. The first-order chi connectivity index (χ1) is 5.61. The number of rotatable bonds is 0. The molecule has 0 nitrogen and oxygen atoms in total. The van der Waals surface area contributed by atoms with Crippen molar-refractivity contribution >= 4 is 15.9 Å². The molecule has 0 spiro atoms. The van der Waals surface area contributed by atoms with E-state index < -0.39 is 0 Å². The van der Waals surface area contributed by atoms with Crippen LogP contribution in [0.2, 0.25) is 0 Å². The lowest BCUT2D eigenvalue weighted by atomic mass is 9.90. The summed E-state index contributed by atoms with van der Waals surface area (Å²) in [5.74, 6) is 0. The SMILES string of the molecule is CC1(C)Cc2ccccc2C1Br. The number of halogens is 1. The van der Waals surface area contributed by atoms with Crippen LogP contribution < -0.4 is 0 Å². The van der Waals surface area contributed by atoms with Crippen molar-refractivity contribution in [2.45, 2.75) is 25.1 Å². The quantitative estimate of drug-likeness (QED) is 0.590. The molecule has 0 radical (unpaired) electrons. The van der Waals surface area contributed by atoms with Gasteiger partial charge in [0.25, 0.3) is 0 Å². The Balaban J connectivity index is 2.49. The minimum atomic E-state index is 0.379. The molecule has 0 saturated carbocycles. The Morgan fingerprint density at radius 3 is 2.67 bits per heavy atom. The first-order valence-corrected chi connectivity index (χ1v) is 5.25. The van der Waals surface area contributed by atoms with E-state index in [1.807, 2.05) is 0 Å². The van der Waals surface area contributed by atoms with Crippen LogP contribution >= 0.6 is 15.9 Å². The number of benzene rings is 1. The fourth-order valence-electron chi connectivity index (χ4n) is 1.94. The summed E-state index contributed by atoms with van der Waals surface area (Å²) in [5.41, 5.74) is 3.36. The number of alkyl halides is 1. The lowest BCUT2D eigenvalue weighted by Gasteiger charge is -2.21. The molecule has 1 aliphatic carbocycles.